The lowest BCUT2D eigenvalue weighted by Gasteiger charge is -2.14. The van der Waals surface area contributed by atoms with Gasteiger partial charge in [0.25, 0.3) is 5.56 Å². The molecule has 2 N–H and O–H groups in total. The van der Waals surface area contributed by atoms with Crippen molar-refractivity contribution in [3.05, 3.63) is 33.1 Å². The minimum Gasteiger partial charge on any atom is -0.394 e. The summed E-state index contributed by atoms with van der Waals surface area (Å²) in [6.45, 7) is -0.309. The van der Waals surface area contributed by atoms with Crippen LogP contribution in [0.4, 0.5) is 0 Å². The molecule has 0 aliphatic carbocycles. The Balaban J connectivity index is 2.34. The van der Waals surface area contributed by atoms with Crippen LogP contribution in [0.1, 0.15) is 12.6 Å². The summed E-state index contributed by atoms with van der Waals surface area (Å²) >= 11 is 1.60. The molecule has 1 fully saturated rings. The molecule has 17 heavy (non-hydrogen) atoms. The first-order chi connectivity index (χ1) is 8.04. The van der Waals surface area contributed by atoms with Crippen LogP contribution in [0.3, 0.4) is 0 Å². The van der Waals surface area contributed by atoms with Crippen molar-refractivity contribution in [2.75, 3.05) is 6.61 Å². The van der Waals surface area contributed by atoms with E-state index in [2.05, 4.69) is 0 Å². The number of halogens is 1. The third kappa shape index (κ3) is 2.30. The molecule has 0 bridgehead atoms. The molecule has 3 atom stereocenters. The summed E-state index contributed by atoms with van der Waals surface area (Å²) in [6.07, 6.45) is -0.624. The van der Waals surface area contributed by atoms with Crippen LogP contribution in [0.15, 0.2) is 21.9 Å². The number of hydrogen-bond acceptors (Lipinski definition) is 5. The highest BCUT2D eigenvalue weighted by molar-refractivity contribution is 14.1. The van der Waals surface area contributed by atoms with Gasteiger partial charge in [0.05, 0.1) is 35.6 Å². The summed E-state index contributed by atoms with van der Waals surface area (Å²) in [5, 5.41) is 18.5. The van der Waals surface area contributed by atoms with E-state index in [0.717, 1.165) is 2.78 Å². The Morgan fingerprint density at radius 2 is 2.24 bits per heavy atom. The second kappa shape index (κ2) is 4.88. The van der Waals surface area contributed by atoms with Crippen LogP contribution in [-0.2, 0) is 4.74 Å². The molecule has 0 spiro atoms. The third-order valence-corrected chi connectivity index (χ3v) is 3.54. The highest BCUT2D eigenvalue weighted by Gasteiger charge is 2.35. The fourth-order valence-corrected chi connectivity index (χ4v) is 2.15. The van der Waals surface area contributed by atoms with Crippen molar-refractivity contribution in [2.45, 2.75) is 24.9 Å². The largest absolute Gasteiger partial charge is 0.394 e. The first-order valence-corrected chi connectivity index (χ1v) is 5.96. The van der Waals surface area contributed by atoms with Gasteiger partial charge in [-0.1, -0.05) is 0 Å². The second-order valence-electron chi connectivity index (χ2n) is 3.74. The molecule has 2 rings (SSSR count). The maximum atomic E-state index is 11.8. The van der Waals surface area contributed by atoms with Gasteiger partial charge in [-0.15, -0.1) is 0 Å². The van der Waals surface area contributed by atoms with Crippen LogP contribution < -0.4 is 11.2 Å². The van der Waals surface area contributed by atoms with E-state index in [-0.39, 0.29) is 13.0 Å². The zero-order valence-corrected chi connectivity index (χ0v) is 10.9. The van der Waals surface area contributed by atoms with Gasteiger partial charge in [0, 0.05) is 18.7 Å². The molecule has 1 saturated heterocycles. The van der Waals surface area contributed by atoms with E-state index >= 15 is 0 Å². The van der Waals surface area contributed by atoms with E-state index in [1.165, 1.54) is 16.8 Å². The Labute approximate surface area is 110 Å². The first-order valence-electron chi connectivity index (χ1n) is 4.99. The van der Waals surface area contributed by atoms with Gasteiger partial charge in [-0.2, -0.15) is 2.78 Å². The molecule has 0 aromatic carbocycles. The van der Waals surface area contributed by atoms with Gasteiger partial charge in [0.15, 0.2) is 0 Å². The average Bonchev–Trinajstić information content (AvgIpc) is 2.67. The summed E-state index contributed by atoms with van der Waals surface area (Å²) in [7, 11) is 0. The minimum absolute atomic E-state index is 0.208. The molecule has 8 heteroatoms. The van der Waals surface area contributed by atoms with Crippen LogP contribution in [0.2, 0.25) is 0 Å². The highest BCUT2D eigenvalue weighted by Crippen LogP contribution is 2.26. The summed E-state index contributed by atoms with van der Waals surface area (Å²) < 4.78 is 7.49. The predicted octanol–water partition coefficient (Wildman–Crippen LogP) is -1.15. The molecule has 0 radical (unpaired) electrons. The zero-order chi connectivity index (χ0) is 12.6. The molecular weight excluding hydrogens is 343 g/mol. The van der Waals surface area contributed by atoms with Crippen LogP contribution in [0.5, 0.6) is 0 Å². The molecule has 2 heterocycles. The number of hydrogen-bond donors (Lipinski definition) is 2. The lowest BCUT2D eigenvalue weighted by molar-refractivity contribution is -0.0459. The van der Waals surface area contributed by atoms with Gasteiger partial charge in [0.1, 0.15) is 12.3 Å². The Bertz CT molecular complexity index is 525. The van der Waals surface area contributed by atoms with Crippen molar-refractivity contribution in [2.24, 2.45) is 0 Å². The SMILES string of the molecule is O=c1ccn([C@H]2C[C@H](O)[C@@H](CO)O2)c(=O)n1I. The molecule has 0 amide bonds. The summed E-state index contributed by atoms with van der Waals surface area (Å²) in [5.41, 5.74) is -0.932. The molecule has 1 aromatic heterocycles. The van der Waals surface area contributed by atoms with Gasteiger partial charge < -0.3 is 14.9 Å². The number of nitrogens with zero attached hydrogens (tertiary/aromatic N) is 2. The normalized spacial score (nSPS) is 28.5. The van der Waals surface area contributed by atoms with Crippen molar-refractivity contribution in [1.29, 1.82) is 0 Å². The Morgan fingerprint density at radius 3 is 2.82 bits per heavy atom. The topological polar surface area (TPSA) is 93.7 Å². The van der Waals surface area contributed by atoms with Crippen molar-refractivity contribution in [3.8, 4) is 0 Å². The average molecular weight is 354 g/mol. The molecule has 0 unspecified atom stereocenters. The van der Waals surface area contributed by atoms with Crippen molar-refractivity contribution in [3.63, 3.8) is 0 Å². The van der Waals surface area contributed by atoms with Crippen LogP contribution in [0, 0.1) is 0 Å². The fraction of sp³-hybridized carbons (Fsp3) is 0.556. The van der Waals surface area contributed by atoms with E-state index in [4.69, 9.17) is 9.84 Å². The lowest BCUT2D eigenvalue weighted by atomic mass is 10.2. The van der Waals surface area contributed by atoms with Gasteiger partial charge in [-0.05, 0) is 0 Å². The van der Waals surface area contributed by atoms with Gasteiger partial charge in [-0.3, -0.25) is 9.36 Å². The Hall–Kier alpha value is -0.710. The number of aliphatic hydroxyl groups excluding tert-OH is 2. The number of ether oxygens (including phenoxy) is 1. The predicted molar refractivity (Wildman–Crippen MR) is 66.0 cm³/mol. The molecule has 1 aliphatic heterocycles. The second-order valence-corrected chi connectivity index (χ2v) is 4.70. The monoisotopic (exact) mass is 354 g/mol. The minimum atomic E-state index is -0.813. The summed E-state index contributed by atoms with van der Waals surface area (Å²) in [6, 6.07) is 1.25. The summed E-state index contributed by atoms with van der Waals surface area (Å²) in [4.78, 5) is 23.0. The fourth-order valence-electron chi connectivity index (χ4n) is 1.74. The first kappa shape index (κ1) is 12.7. The quantitative estimate of drug-likeness (QED) is 0.655. The molecule has 7 nitrogen and oxygen atoms in total. The van der Waals surface area contributed by atoms with Crippen molar-refractivity contribution >= 4 is 22.9 Å². The zero-order valence-electron chi connectivity index (χ0n) is 8.69. The summed E-state index contributed by atoms with van der Waals surface area (Å²) in [5.74, 6) is 0. The Kier molecular flexibility index (Phi) is 3.66. The van der Waals surface area contributed by atoms with Gasteiger partial charge in [0.2, 0.25) is 0 Å². The molecular formula is C9H11IN2O5. The van der Waals surface area contributed by atoms with E-state index in [1.807, 2.05) is 0 Å². The lowest BCUT2D eigenvalue weighted by Crippen LogP contribution is -2.36. The molecule has 1 aliphatic rings. The number of aliphatic hydroxyl groups is 2. The maximum Gasteiger partial charge on any atom is 0.342 e. The molecule has 0 saturated carbocycles. The van der Waals surface area contributed by atoms with Gasteiger partial charge in [-0.25, -0.2) is 4.79 Å². The van der Waals surface area contributed by atoms with Gasteiger partial charge >= 0.3 is 5.69 Å². The van der Waals surface area contributed by atoms with Crippen molar-refractivity contribution in [1.82, 2.24) is 7.35 Å². The van der Waals surface area contributed by atoms with Crippen LogP contribution >= 0.6 is 22.9 Å². The standard InChI is InChI=1S/C9H11IN2O5/c10-12-7(15)1-2-11(9(12)16)8-3-5(14)6(4-13)17-8/h1-2,5-6,8,13-14H,3-4H2/t5-,6+,8+/m0/s1. The highest BCUT2D eigenvalue weighted by atomic mass is 127. The smallest absolute Gasteiger partial charge is 0.342 e. The van der Waals surface area contributed by atoms with Crippen molar-refractivity contribution < 1.29 is 14.9 Å². The Morgan fingerprint density at radius 1 is 1.53 bits per heavy atom. The van der Waals surface area contributed by atoms with Crippen LogP contribution in [-0.4, -0.2) is 36.4 Å². The number of aromatic nitrogens is 2. The van der Waals surface area contributed by atoms with Crippen LogP contribution in [0.25, 0.3) is 0 Å². The van der Waals surface area contributed by atoms with E-state index in [9.17, 15) is 14.7 Å². The molecule has 1 aromatic rings. The third-order valence-electron chi connectivity index (χ3n) is 2.65. The molecule has 94 valence electrons. The van der Waals surface area contributed by atoms with E-state index < -0.39 is 29.7 Å². The number of rotatable bonds is 2. The maximum absolute atomic E-state index is 11.8. The van der Waals surface area contributed by atoms with E-state index in [1.54, 1.807) is 22.9 Å². The van der Waals surface area contributed by atoms with E-state index in [0.29, 0.717) is 0 Å².